The summed E-state index contributed by atoms with van der Waals surface area (Å²) in [6.07, 6.45) is 3.46. The number of nitrogens with one attached hydrogen (secondary N) is 1. The highest BCUT2D eigenvalue weighted by atomic mass is 16.5. The summed E-state index contributed by atoms with van der Waals surface area (Å²) in [4.78, 5) is 14.6. The number of hydrogen-bond acceptors (Lipinski definition) is 3. The number of fused-ring (bicyclic) bond motifs is 2. The lowest BCUT2D eigenvalue weighted by Gasteiger charge is -2.24. The molecule has 2 bridgehead atoms. The van der Waals surface area contributed by atoms with E-state index in [1.165, 1.54) is 12.8 Å². The predicted molar refractivity (Wildman–Crippen MR) is 98.5 cm³/mol. The Kier molecular flexibility index (Phi) is 4.70. The van der Waals surface area contributed by atoms with Gasteiger partial charge in [0.25, 0.3) is 5.91 Å². The molecular formula is C21H24N2O2. The van der Waals surface area contributed by atoms with Gasteiger partial charge in [0, 0.05) is 30.7 Å². The lowest BCUT2D eigenvalue weighted by atomic mass is 10.1. The first-order valence-electron chi connectivity index (χ1n) is 9.10. The smallest absolute Gasteiger partial charge is 0.260 e. The van der Waals surface area contributed by atoms with Gasteiger partial charge in [-0.2, -0.15) is 0 Å². The first kappa shape index (κ1) is 16.2. The molecule has 0 aromatic heterocycles. The molecule has 0 spiro atoms. The molecule has 1 N–H and O–H groups in total. The largest absolute Gasteiger partial charge is 0.483 e. The van der Waals surface area contributed by atoms with Crippen LogP contribution in [0.2, 0.25) is 0 Å². The molecule has 4 nitrogen and oxygen atoms in total. The molecule has 2 heterocycles. The Morgan fingerprint density at radius 1 is 1.00 bits per heavy atom. The van der Waals surface area contributed by atoms with Crippen LogP contribution in [0.1, 0.15) is 19.3 Å². The quantitative estimate of drug-likeness (QED) is 0.933. The zero-order valence-electron chi connectivity index (χ0n) is 14.4. The third kappa shape index (κ3) is 3.69. The topological polar surface area (TPSA) is 41.6 Å². The van der Waals surface area contributed by atoms with Gasteiger partial charge in [0.2, 0.25) is 0 Å². The van der Waals surface area contributed by atoms with Gasteiger partial charge >= 0.3 is 0 Å². The Balaban J connectivity index is 1.42. The Labute approximate surface area is 148 Å². The zero-order valence-corrected chi connectivity index (χ0v) is 14.4. The van der Waals surface area contributed by atoms with Crippen LogP contribution in [0.4, 0.5) is 0 Å². The third-order valence-corrected chi connectivity index (χ3v) is 5.20. The standard InChI is InChI=1S/C21H24N2O2/c24-21(23-13-12-17-10-11-18(14-23)22-17)15-25-20-9-5-4-8-19(20)16-6-2-1-3-7-16/h1-9,17-18,22H,10-15H2. The van der Waals surface area contributed by atoms with E-state index in [2.05, 4.69) is 17.4 Å². The van der Waals surface area contributed by atoms with E-state index < -0.39 is 0 Å². The maximum absolute atomic E-state index is 12.6. The van der Waals surface area contributed by atoms with Crippen molar-refractivity contribution in [2.24, 2.45) is 0 Å². The van der Waals surface area contributed by atoms with E-state index >= 15 is 0 Å². The fourth-order valence-corrected chi connectivity index (χ4v) is 3.85. The van der Waals surface area contributed by atoms with Gasteiger partial charge in [-0.3, -0.25) is 4.79 Å². The van der Waals surface area contributed by atoms with Crippen LogP contribution < -0.4 is 10.1 Å². The van der Waals surface area contributed by atoms with Crippen molar-refractivity contribution in [3.63, 3.8) is 0 Å². The van der Waals surface area contributed by atoms with Crippen LogP contribution in [0.15, 0.2) is 54.6 Å². The Morgan fingerprint density at radius 2 is 1.76 bits per heavy atom. The van der Waals surface area contributed by atoms with Crippen molar-refractivity contribution in [2.75, 3.05) is 19.7 Å². The average Bonchev–Trinajstić information content (AvgIpc) is 2.99. The first-order chi connectivity index (χ1) is 12.3. The lowest BCUT2D eigenvalue weighted by Crippen LogP contribution is -2.41. The van der Waals surface area contributed by atoms with Crippen LogP contribution >= 0.6 is 0 Å². The molecular weight excluding hydrogens is 312 g/mol. The zero-order chi connectivity index (χ0) is 17.1. The van der Waals surface area contributed by atoms with Crippen molar-refractivity contribution < 1.29 is 9.53 Å². The van der Waals surface area contributed by atoms with Crippen molar-refractivity contribution in [3.8, 4) is 16.9 Å². The molecule has 2 fully saturated rings. The molecule has 130 valence electrons. The van der Waals surface area contributed by atoms with E-state index in [9.17, 15) is 4.79 Å². The number of hydrogen-bond donors (Lipinski definition) is 1. The minimum Gasteiger partial charge on any atom is -0.483 e. The van der Waals surface area contributed by atoms with Gasteiger partial charge in [0.15, 0.2) is 6.61 Å². The number of amides is 1. The minimum atomic E-state index is 0.0808. The summed E-state index contributed by atoms with van der Waals surface area (Å²) in [5.74, 6) is 0.841. The number of rotatable bonds is 4. The number of carbonyl (C=O) groups excluding carboxylic acids is 1. The molecule has 2 aliphatic heterocycles. The third-order valence-electron chi connectivity index (χ3n) is 5.20. The second-order valence-electron chi connectivity index (χ2n) is 6.92. The Bertz CT molecular complexity index is 732. The van der Waals surface area contributed by atoms with E-state index in [0.717, 1.165) is 36.4 Å². The van der Waals surface area contributed by atoms with Crippen molar-refractivity contribution in [2.45, 2.75) is 31.3 Å². The number of nitrogens with zero attached hydrogens (tertiary/aromatic N) is 1. The molecule has 25 heavy (non-hydrogen) atoms. The number of ether oxygens (including phenoxy) is 1. The monoisotopic (exact) mass is 336 g/mol. The normalized spacial score (nSPS) is 22.5. The summed E-state index contributed by atoms with van der Waals surface area (Å²) in [7, 11) is 0. The van der Waals surface area contributed by atoms with Gasteiger partial charge in [-0.05, 0) is 30.9 Å². The Hall–Kier alpha value is -2.33. The highest BCUT2D eigenvalue weighted by Crippen LogP contribution is 2.29. The van der Waals surface area contributed by atoms with Gasteiger partial charge in [-0.15, -0.1) is 0 Å². The molecule has 2 saturated heterocycles. The van der Waals surface area contributed by atoms with E-state index in [1.807, 2.05) is 47.4 Å². The van der Waals surface area contributed by atoms with Gasteiger partial charge in [-0.1, -0.05) is 48.5 Å². The molecule has 1 amide bonds. The maximum Gasteiger partial charge on any atom is 0.260 e. The van der Waals surface area contributed by atoms with Crippen LogP contribution in [0, 0.1) is 0 Å². The predicted octanol–water partition coefficient (Wildman–Crippen LogP) is 3.09. The number of benzene rings is 2. The van der Waals surface area contributed by atoms with E-state index in [0.29, 0.717) is 12.1 Å². The molecule has 4 rings (SSSR count). The summed E-state index contributed by atoms with van der Waals surface area (Å²) in [6, 6.07) is 19.1. The fraction of sp³-hybridized carbons (Fsp3) is 0.381. The fourth-order valence-electron chi connectivity index (χ4n) is 3.85. The molecule has 2 unspecified atom stereocenters. The van der Waals surface area contributed by atoms with Crippen LogP contribution in [0.25, 0.3) is 11.1 Å². The number of para-hydroxylation sites is 1. The minimum absolute atomic E-state index is 0.0808. The SMILES string of the molecule is O=C(COc1ccccc1-c1ccccc1)N1CCC2CCC(C1)N2. The summed E-state index contributed by atoms with van der Waals surface area (Å²) < 4.78 is 5.92. The molecule has 0 radical (unpaired) electrons. The lowest BCUT2D eigenvalue weighted by molar-refractivity contribution is -0.133. The van der Waals surface area contributed by atoms with E-state index in [1.54, 1.807) is 0 Å². The van der Waals surface area contributed by atoms with E-state index in [4.69, 9.17) is 4.74 Å². The molecule has 0 aliphatic carbocycles. The first-order valence-corrected chi connectivity index (χ1v) is 9.10. The van der Waals surface area contributed by atoms with Crippen LogP contribution in [0.3, 0.4) is 0 Å². The maximum atomic E-state index is 12.6. The summed E-state index contributed by atoms with van der Waals surface area (Å²) >= 11 is 0. The van der Waals surface area contributed by atoms with Gasteiger partial charge < -0.3 is 15.0 Å². The van der Waals surface area contributed by atoms with Crippen molar-refractivity contribution in [3.05, 3.63) is 54.6 Å². The molecule has 2 atom stereocenters. The summed E-state index contributed by atoms with van der Waals surface area (Å²) in [5, 5.41) is 3.61. The van der Waals surface area contributed by atoms with Crippen molar-refractivity contribution >= 4 is 5.91 Å². The van der Waals surface area contributed by atoms with Crippen LogP contribution in [-0.4, -0.2) is 42.6 Å². The summed E-state index contributed by atoms with van der Waals surface area (Å²) in [6.45, 7) is 1.73. The van der Waals surface area contributed by atoms with Crippen LogP contribution in [-0.2, 0) is 4.79 Å². The van der Waals surface area contributed by atoms with Gasteiger partial charge in [-0.25, -0.2) is 0 Å². The molecule has 0 saturated carbocycles. The Morgan fingerprint density at radius 3 is 2.64 bits per heavy atom. The second kappa shape index (κ2) is 7.28. The van der Waals surface area contributed by atoms with Crippen molar-refractivity contribution in [1.29, 1.82) is 0 Å². The molecule has 4 heteroatoms. The molecule has 2 aliphatic rings. The molecule has 2 aromatic carbocycles. The summed E-state index contributed by atoms with van der Waals surface area (Å²) in [5.41, 5.74) is 2.12. The average molecular weight is 336 g/mol. The van der Waals surface area contributed by atoms with Crippen LogP contribution in [0.5, 0.6) is 5.75 Å². The van der Waals surface area contributed by atoms with E-state index in [-0.39, 0.29) is 12.5 Å². The van der Waals surface area contributed by atoms with Crippen molar-refractivity contribution in [1.82, 2.24) is 10.2 Å². The van der Waals surface area contributed by atoms with Gasteiger partial charge in [0.05, 0.1) is 0 Å². The highest BCUT2D eigenvalue weighted by molar-refractivity contribution is 5.78. The molecule has 2 aromatic rings. The highest BCUT2D eigenvalue weighted by Gasteiger charge is 2.31. The number of likely N-dealkylation sites (tertiary alicyclic amines) is 1. The second-order valence-corrected chi connectivity index (χ2v) is 6.92. The number of carbonyl (C=O) groups is 1. The van der Waals surface area contributed by atoms with Gasteiger partial charge in [0.1, 0.15) is 5.75 Å².